The minimum absolute atomic E-state index is 0.0955. The first kappa shape index (κ1) is 13.8. The number of ether oxygens (including phenoxy) is 1. The molecule has 1 saturated heterocycles. The van der Waals surface area contributed by atoms with Crippen LogP contribution < -0.4 is 15.4 Å². The molecule has 1 unspecified atom stereocenters. The van der Waals surface area contributed by atoms with Gasteiger partial charge >= 0.3 is 5.69 Å². The fraction of sp³-hybridized carbons (Fsp3) is 0.500. The van der Waals surface area contributed by atoms with Crippen LogP contribution in [0, 0.1) is 16.0 Å². The third kappa shape index (κ3) is 2.97. The zero-order chi connectivity index (χ0) is 14.8. The summed E-state index contributed by atoms with van der Waals surface area (Å²) in [6.45, 7) is 2.32. The van der Waals surface area contributed by atoms with Gasteiger partial charge in [-0.15, -0.1) is 0 Å². The molecular weight excluding hydrogens is 274 g/mol. The molecule has 7 heteroatoms. The minimum Gasteiger partial charge on any atom is -0.486 e. The quantitative estimate of drug-likeness (QED) is 0.647. The van der Waals surface area contributed by atoms with E-state index >= 15 is 0 Å². The summed E-state index contributed by atoms with van der Waals surface area (Å²) in [4.78, 5) is 22.1. The molecule has 0 saturated carbocycles. The average Bonchev–Trinajstić information content (AvgIpc) is 2.97. The fourth-order valence-corrected chi connectivity index (χ4v) is 2.72. The van der Waals surface area contributed by atoms with Crippen LogP contribution in [0.3, 0.4) is 0 Å². The molecule has 21 heavy (non-hydrogen) atoms. The second kappa shape index (κ2) is 5.69. The van der Waals surface area contributed by atoms with Gasteiger partial charge in [-0.2, -0.15) is 0 Å². The smallest absolute Gasteiger partial charge is 0.313 e. The minimum atomic E-state index is -0.469. The first-order valence-corrected chi connectivity index (χ1v) is 7.08. The number of rotatable bonds is 4. The summed E-state index contributed by atoms with van der Waals surface area (Å²) in [5.74, 6) is 0.574. The van der Waals surface area contributed by atoms with E-state index in [1.807, 2.05) is 0 Å². The molecule has 0 bridgehead atoms. The van der Waals surface area contributed by atoms with Gasteiger partial charge in [0.05, 0.1) is 17.2 Å². The highest BCUT2D eigenvalue weighted by atomic mass is 16.6. The van der Waals surface area contributed by atoms with Crippen LogP contribution in [0.25, 0.3) is 0 Å². The number of nitrogens with zero attached hydrogens (tertiary/aromatic N) is 1. The van der Waals surface area contributed by atoms with Crippen LogP contribution >= 0.6 is 0 Å². The van der Waals surface area contributed by atoms with Crippen LogP contribution in [-0.2, 0) is 11.2 Å². The number of anilines is 1. The molecule has 1 amide bonds. The van der Waals surface area contributed by atoms with Crippen molar-refractivity contribution in [3.8, 4) is 5.75 Å². The highest BCUT2D eigenvalue weighted by Gasteiger charge is 2.24. The number of nitro groups is 1. The lowest BCUT2D eigenvalue weighted by molar-refractivity contribution is -0.385. The number of nitrogens with one attached hydrogen (secondary N) is 2. The molecule has 3 rings (SSSR count). The zero-order valence-corrected chi connectivity index (χ0v) is 11.6. The maximum absolute atomic E-state index is 11.4. The second-order valence-corrected chi connectivity index (χ2v) is 5.45. The van der Waals surface area contributed by atoms with Gasteiger partial charge in [0.15, 0.2) is 5.75 Å². The molecule has 0 aromatic heterocycles. The van der Waals surface area contributed by atoms with Crippen LogP contribution in [0.2, 0.25) is 0 Å². The Bertz CT molecular complexity index is 582. The van der Waals surface area contributed by atoms with E-state index in [0.717, 1.165) is 25.1 Å². The number of benzene rings is 1. The number of aryl methyl sites for hydroxylation is 1. The average molecular weight is 291 g/mol. The first-order chi connectivity index (χ1) is 10.1. The Morgan fingerprint density at radius 1 is 1.38 bits per heavy atom. The summed E-state index contributed by atoms with van der Waals surface area (Å²) in [5, 5.41) is 17.1. The molecule has 2 aliphatic heterocycles. The summed E-state index contributed by atoms with van der Waals surface area (Å²) >= 11 is 0. The van der Waals surface area contributed by atoms with E-state index in [4.69, 9.17) is 4.74 Å². The van der Waals surface area contributed by atoms with Gasteiger partial charge in [-0.1, -0.05) is 0 Å². The number of carbonyl (C=O) groups is 1. The molecule has 112 valence electrons. The van der Waals surface area contributed by atoms with E-state index in [2.05, 4.69) is 10.6 Å². The Hall–Kier alpha value is -2.15. The van der Waals surface area contributed by atoms with Gasteiger partial charge in [-0.05, 0) is 31.0 Å². The van der Waals surface area contributed by atoms with Crippen LogP contribution in [0.1, 0.15) is 18.4 Å². The monoisotopic (exact) mass is 291 g/mol. The summed E-state index contributed by atoms with van der Waals surface area (Å²) in [6.07, 6.45) is 2.01. The largest absolute Gasteiger partial charge is 0.486 e. The van der Waals surface area contributed by atoms with Crippen molar-refractivity contribution < 1.29 is 14.5 Å². The van der Waals surface area contributed by atoms with Crippen molar-refractivity contribution in [3.05, 3.63) is 27.8 Å². The van der Waals surface area contributed by atoms with Crippen LogP contribution in [0.4, 0.5) is 11.4 Å². The van der Waals surface area contributed by atoms with E-state index < -0.39 is 4.92 Å². The van der Waals surface area contributed by atoms with Crippen molar-refractivity contribution in [3.63, 3.8) is 0 Å². The van der Waals surface area contributed by atoms with Gasteiger partial charge in [-0.25, -0.2) is 0 Å². The van der Waals surface area contributed by atoms with Gasteiger partial charge in [0, 0.05) is 24.9 Å². The SMILES string of the molecule is O=C1CCc2cc(OCC3CCNC3)c([N+](=O)[O-])cc2N1. The van der Waals surface area contributed by atoms with Gasteiger partial charge in [0.25, 0.3) is 0 Å². The van der Waals surface area contributed by atoms with Crippen LogP contribution in [0.15, 0.2) is 12.1 Å². The number of carbonyl (C=O) groups excluding carboxylic acids is 1. The lowest BCUT2D eigenvalue weighted by atomic mass is 10.0. The second-order valence-electron chi connectivity index (χ2n) is 5.45. The summed E-state index contributed by atoms with van der Waals surface area (Å²) in [6, 6.07) is 3.09. The van der Waals surface area contributed by atoms with Crippen molar-refractivity contribution >= 4 is 17.3 Å². The normalized spacial score (nSPS) is 20.8. The molecule has 0 aliphatic carbocycles. The predicted octanol–water partition coefficient (Wildman–Crippen LogP) is 1.47. The van der Waals surface area contributed by atoms with E-state index in [-0.39, 0.29) is 11.6 Å². The van der Waals surface area contributed by atoms with E-state index in [1.54, 1.807) is 6.07 Å². The molecule has 0 radical (unpaired) electrons. The van der Waals surface area contributed by atoms with Crippen molar-refractivity contribution in [2.75, 3.05) is 25.0 Å². The maximum atomic E-state index is 11.4. The number of hydrogen-bond acceptors (Lipinski definition) is 5. The lowest BCUT2D eigenvalue weighted by Crippen LogP contribution is -2.20. The number of amides is 1. The summed E-state index contributed by atoms with van der Waals surface area (Å²) < 4.78 is 5.68. The van der Waals surface area contributed by atoms with E-state index in [9.17, 15) is 14.9 Å². The molecule has 1 fully saturated rings. The molecule has 2 heterocycles. The zero-order valence-electron chi connectivity index (χ0n) is 11.6. The Kier molecular flexibility index (Phi) is 3.74. The van der Waals surface area contributed by atoms with Crippen molar-refractivity contribution in [2.24, 2.45) is 5.92 Å². The standard InChI is InChI=1S/C14H17N3O4/c18-14-2-1-10-5-13(21-8-9-3-4-15-7-9)12(17(19)20)6-11(10)16-14/h5-6,9,15H,1-4,7-8H2,(H,16,18). The van der Waals surface area contributed by atoms with Crippen LogP contribution in [-0.4, -0.2) is 30.5 Å². The van der Waals surface area contributed by atoms with E-state index in [0.29, 0.717) is 36.8 Å². The number of fused-ring (bicyclic) bond motifs is 1. The third-order valence-corrected chi connectivity index (χ3v) is 3.91. The molecule has 2 aliphatic rings. The third-order valence-electron chi connectivity index (χ3n) is 3.91. The van der Waals surface area contributed by atoms with Gasteiger partial charge < -0.3 is 15.4 Å². The number of hydrogen-bond donors (Lipinski definition) is 2. The molecule has 1 atom stereocenters. The Balaban J connectivity index is 1.83. The first-order valence-electron chi connectivity index (χ1n) is 7.08. The maximum Gasteiger partial charge on any atom is 0.313 e. The van der Waals surface area contributed by atoms with Gasteiger partial charge in [0.2, 0.25) is 5.91 Å². The number of nitro benzene ring substituents is 1. The Morgan fingerprint density at radius 2 is 2.24 bits per heavy atom. The molecule has 1 aromatic rings. The lowest BCUT2D eigenvalue weighted by Gasteiger charge is -2.18. The molecular formula is C14H17N3O4. The molecule has 7 nitrogen and oxygen atoms in total. The predicted molar refractivity (Wildman–Crippen MR) is 76.5 cm³/mol. The van der Waals surface area contributed by atoms with Gasteiger partial charge in [-0.3, -0.25) is 14.9 Å². The van der Waals surface area contributed by atoms with Crippen molar-refractivity contribution in [2.45, 2.75) is 19.3 Å². The fourth-order valence-electron chi connectivity index (χ4n) is 2.72. The van der Waals surface area contributed by atoms with Gasteiger partial charge in [0.1, 0.15) is 0 Å². The van der Waals surface area contributed by atoms with Crippen LogP contribution in [0.5, 0.6) is 5.75 Å². The summed E-state index contributed by atoms with van der Waals surface area (Å²) in [7, 11) is 0. The molecule has 2 N–H and O–H groups in total. The molecule has 1 aromatic carbocycles. The van der Waals surface area contributed by atoms with Crippen molar-refractivity contribution in [1.82, 2.24) is 5.32 Å². The van der Waals surface area contributed by atoms with E-state index in [1.165, 1.54) is 6.07 Å². The topological polar surface area (TPSA) is 93.5 Å². The summed E-state index contributed by atoms with van der Waals surface area (Å²) in [5.41, 5.74) is 1.31. The van der Waals surface area contributed by atoms with Crippen molar-refractivity contribution in [1.29, 1.82) is 0 Å². The molecule has 0 spiro atoms. The Morgan fingerprint density at radius 3 is 2.95 bits per heavy atom. The Labute approximate surface area is 121 Å². The highest BCUT2D eigenvalue weighted by molar-refractivity contribution is 5.94. The highest BCUT2D eigenvalue weighted by Crippen LogP contribution is 2.36.